The Morgan fingerprint density at radius 3 is 2.55 bits per heavy atom. The van der Waals surface area contributed by atoms with E-state index in [9.17, 15) is 0 Å². The van der Waals surface area contributed by atoms with Gasteiger partial charge in [0, 0.05) is 18.6 Å². The van der Waals surface area contributed by atoms with Gasteiger partial charge in [-0.25, -0.2) is 0 Å². The summed E-state index contributed by atoms with van der Waals surface area (Å²) in [6, 6.07) is 2.23. The SMILES string of the molecule is CC(C)C1CCC(CN)(N(C)Cc2csc(Br)c2)CC1. The molecule has 4 heteroatoms. The molecule has 2 rings (SSSR count). The molecule has 1 saturated carbocycles. The highest BCUT2D eigenvalue weighted by Gasteiger charge is 2.38. The first-order valence-electron chi connectivity index (χ1n) is 7.61. The Kier molecular flexibility index (Phi) is 5.69. The lowest BCUT2D eigenvalue weighted by Gasteiger charge is -2.46. The first kappa shape index (κ1) is 16.5. The van der Waals surface area contributed by atoms with Crippen LogP contribution in [0.5, 0.6) is 0 Å². The molecule has 2 nitrogen and oxygen atoms in total. The molecule has 0 atom stereocenters. The second-order valence-corrected chi connectivity index (χ2v) is 8.92. The van der Waals surface area contributed by atoms with E-state index in [1.54, 1.807) is 11.3 Å². The lowest BCUT2D eigenvalue weighted by Crippen LogP contribution is -2.54. The van der Waals surface area contributed by atoms with E-state index in [0.717, 1.165) is 24.9 Å². The number of nitrogens with two attached hydrogens (primary N) is 1. The summed E-state index contributed by atoms with van der Waals surface area (Å²) in [5, 5.41) is 2.24. The molecule has 0 bridgehead atoms. The second kappa shape index (κ2) is 6.91. The molecule has 1 aliphatic carbocycles. The maximum absolute atomic E-state index is 6.17. The van der Waals surface area contributed by atoms with Crippen molar-refractivity contribution in [1.82, 2.24) is 4.90 Å². The van der Waals surface area contributed by atoms with Gasteiger partial charge >= 0.3 is 0 Å². The average Bonchev–Trinajstić information content (AvgIpc) is 2.84. The summed E-state index contributed by atoms with van der Waals surface area (Å²) in [6.45, 7) is 6.49. The second-order valence-electron chi connectivity index (χ2n) is 6.63. The highest BCUT2D eigenvalue weighted by atomic mass is 79.9. The van der Waals surface area contributed by atoms with Crippen molar-refractivity contribution in [1.29, 1.82) is 0 Å². The molecule has 0 radical (unpaired) electrons. The third-order valence-corrected chi connectivity index (χ3v) is 6.69. The van der Waals surface area contributed by atoms with E-state index >= 15 is 0 Å². The summed E-state index contributed by atoms with van der Waals surface area (Å²) in [5.41, 5.74) is 7.77. The van der Waals surface area contributed by atoms with E-state index in [-0.39, 0.29) is 5.54 Å². The highest BCUT2D eigenvalue weighted by molar-refractivity contribution is 9.11. The van der Waals surface area contributed by atoms with Gasteiger partial charge in [0.25, 0.3) is 0 Å². The van der Waals surface area contributed by atoms with Crippen LogP contribution in [0.25, 0.3) is 0 Å². The van der Waals surface area contributed by atoms with E-state index in [4.69, 9.17) is 5.73 Å². The summed E-state index contributed by atoms with van der Waals surface area (Å²) in [4.78, 5) is 2.50. The van der Waals surface area contributed by atoms with Crippen molar-refractivity contribution in [2.24, 2.45) is 17.6 Å². The monoisotopic (exact) mass is 358 g/mol. The standard InChI is InChI=1S/C16H27BrN2S/c1-12(2)14-4-6-16(11-18,7-5-14)19(3)9-13-8-15(17)20-10-13/h8,10,12,14H,4-7,9,11,18H2,1-3H3. The molecule has 1 fully saturated rings. The van der Waals surface area contributed by atoms with E-state index in [1.165, 1.54) is 35.0 Å². The number of thiophene rings is 1. The number of hydrogen-bond acceptors (Lipinski definition) is 3. The molecular formula is C16H27BrN2S. The number of hydrogen-bond donors (Lipinski definition) is 1. The van der Waals surface area contributed by atoms with Crippen LogP contribution in [0.1, 0.15) is 45.1 Å². The largest absolute Gasteiger partial charge is 0.329 e. The molecule has 0 amide bonds. The van der Waals surface area contributed by atoms with Crippen LogP contribution in [0.4, 0.5) is 0 Å². The summed E-state index contributed by atoms with van der Waals surface area (Å²) in [7, 11) is 2.24. The molecular weight excluding hydrogens is 332 g/mol. The van der Waals surface area contributed by atoms with Gasteiger partial charge in [-0.15, -0.1) is 11.3 Å². The number of rotatable bonds is 5. The van der Waals surface area contributed by atoms with Gasteiger partial charge in [-0.05, 0) is 77.5 Å². The first-order valence-corrected chi connectivity index (χ1v) is 9.28. The molecule has 20 heavy (non-hydrogen) atoms. The molecule has 0 saturated heterocycles. The molecule has 114 valence electrons. The molecule has 1 aromatic heterocycles. The Bertz CT molecular complexity index is 422. The number of halogens is 1. The molecule has 0 spiro atoms. The van der Waals surface area contributed by atoms with Crippen molar-refractivity contribution in [2.45, 2.75) is 51.6 Å². The van der Waals surface area contributed by atoms with Crippen molar-refractivity contribution < 1.29 is 0 Å². The Balaban J connectivity index is 2.00. The van der Waals surface area contributed by atoms with Crippen molar-refractivity contribution in [3.63, 3.8) is 0 Å². The van der Waals surface area contributed by atoms with Gasteiger partial charge in [0.2, 0.25) is 0 Å². The minimum atomic E-state index is 0.208. The third kappa shape index (κ3) is 3.65. The maximum Gasteiger partial charge on any atom is 0.0701 e. The Morgan fingerprint density at radius 1 is 1.45 bits per heavy atom. The predicted molar refractivity (Wildman–Crippen MR) is 92.1 cm³/mol. The Hall–Kier alpha value is 0.100. The average molecular weight is 359 g/mol. The van der Waals surface area contributed by atoms with Gasteiger partial charge in [-0.1, -0.05) is 13.8 Å². The predicted octanol–water partition coefficient (Wildman–Crippen LogP) is 4.49. The van der Waals surface area contributed by atoms with Gasteiger partial charge in [-0.3, -0.25) is 4.90 Å². The topological polar surface area (TPSA) is 29.3 Å². The van der Waals surface area contributed by atoms with Crippen LogP contribution in [0.2, 0.25) is 0 Å². The zero-order chi connectivity index (χ0) is 14.8. The fraction of sp³-hybridized carbons (Fsp3) is 0.750. The Morgan fingerprint density at radius 2 is 2.10 bits per heavy atom. The van der Waals surface area contributed by atoms with Crippen LogP contribution in [0.15, 0.2) is 15.2 Å². The van der Waals surface area contributed by atoms with Gasteiger partial charge in [0.05, 0.1) is 3.79 Å². The van der Waals surface area contributed by atoms with Crippen LogP contribution in [-0.2, 0) is 6.54 Å². The molecule has 0 aliphatic heterocycles. The van der Waals surface area contributed by atoms with Crippen molar-refractivity contribution in [3.05, 3.63) is 20.8 Å². The molecule has 0 unspecified atom stereocenters. The van der Waals surface area contributed by atoms with Crippen molar-refractivity contribution >= 4 is 27.3 Å². The molecule has 2 N–H and O–H groups in total. The van der Waals surface area contributed by atoms with E-state index < -0.39 is 0 Å². The molecule has 1 aliphatic rings. The third-order valence-electron chi connectivity index (χ3n) is 5.13. The maximum atomic E-state index is 6.17. The quantitative estimate of drug-likeness (QED) is 0.840. The van der Waals surface area contributed by atoms with E-state index in [2.05, 4.69) is 53.2 Å². The fourth-order valence-electron chi connectivity index (χ4n) is 3.46. The van der Waals surface area contributed by atoms with Gasteiger partial charge < -0.3 is 5.73 Å². The van der Waals surface area contributed by atoms with Crippen LogP contribution in [0, 0.1) is 11.8 Å². The molecule has 1 heterocycles. The summed E-state index contributed by atoms with van der Waals surface area (Å²) in [6.07, 6.45) is 5.14. The zero-order valence-electron chi connectivity index (χ0n) is 12.9. The minimum Gasteiger partial charge on any atom is -0.329 e. The van der Waals surface area contributed by atoms with Gasteiger partial charge in [-0.2, -0.15) is 0 Å². The smallest absolute Gasteiger partial charge is 0.0701 e. The van der Waals surface area contributed by atoms with Crippen molar-refractivity contribution in [3.8, 4) is 0 Å². The number of nitrogens with zero attached hydrogens (tertiary/aromatic N) is 1. The lowest BCUT2D eigenvalue weighted by molar-refractivity contribution is 0.0498. The molecule has 0 aromatic carbocycles. The summed E-state index contributed by atoms with van der Waals surface area (Å²) >= 11 is 5.31. The van der Waals surface area contributed by atoms with E-state index in [0.29, 0.717) is 0 Å². The minimum absolute atomic E-state index is 0.208. The zero-order valence-corrected chi connectivity index (χ0v) is 15.3. The highest BCUT2D eigenvalue weighted by Crippen LogP contribution is 2.39. The first-order chi connectivity index (χ1) is 9.47. The van der Waals surface area contributed by atoms with Crippen LogP contribution in [0.3, 0.4) is 0 Å². The number of likely N-dealkylation sites (N-methyl/N-ethyl adjacent to an activating group) is 1. The Labute approximate surface area is 135 Å². The fourth-order valence-corrected chi connectivity index (χ4v) is 4.66. The molecule has 1 aromatic rings. The van der Waals surface area contributed by atoms with Crippen molar-refractivity contribution in [2.75, 3.05) is 13.6 Å². The van der Waals surface area contributed by atoms with Gasteiger partial charge in [0.15, 0.2) is 0 Å². The van der Waals surface area contributed by atoms with Crippen LogP contribution < -0.4 is 5.73 Å². The van der Waals surface area contributed by atoms with E-state index in [1.807, 2.05) is 0 Å². The normalized spacial score (nSPS) is 27.4. The summed E-state index contributed by atoms with van der Waals surface area (Å²) in [5.74, 6) is 1.70. The van der Waals surface area contributed by atoms with Crippen LogP contribution in [-0.4, -0.2) is 24.0 Å². The van der Waals surface area contributed by atoms with Crippen LogP contribution >= 0.6 is 27.3 Å². The summed E-state index contributed by atoms with van der Waals surface area (Å²) < 4.78 is 1.21. The lowest BCUT2D eigenvalue weighted by atomic mass is 9.72. The van der Waals surface area contributed by atoms with Gasteiger partial charge in [0.1, 0.15) is 0 Å².